The van der Waals surface area contributed by atoms with E-state index in [1.807, 2.05) is 37.3 Å². The molecule has 252 valence electrons. The molecule has 3 aromatic rings. The number of benzene rings is 3. The summed E-state index contributed by atoms with van der Waals surface area (Å²) in [5, 5.41) is 6.39. The van der Waals surface area contributed by atoms with E-state index >= 15 is 8.78 Å². The molecule has 8 nitrogen and oxygen atoms in total. The van der Waals surface area contributed by atoms with Crippen LogP contribution in [0.15, 0.2) is 48.5 Å². The molecular formula is C36H43ClF2N4O4. The third-order valence-corrected chi connectivity index (χ3v) is 10.2. The standard InChI is InChI=1S/C36H43ClF2N4O4/c1-20(18-40)15-16-42-35(45)22-9-11-24(12-10-22)43-19-36(23-7-5-4-6-8-23)21(2)29-28(47-36)17-26(38)32(37)31(29)30-25(34(41)44)13-14-27(46-3)33(30)39/h4-8,13-14,17,20-22,24,43H,9-12,15-16,18-19,40H2,1-3H3,(H2,41,44)(H,42,45)/t20-,21+,22?,24?,36+/m1/s1. The highest BCUT2D eigenvalue weighted by Crippen LogP contribution is 2.56. The zero-order valence-corrected chi connectivity index (χ0v) is 27.8. The summed E-state index contributed by atoms with van der Waals surface area (Å²) in [5.41, 5.74) is 11.2. The topological polar surface area (TPSA) is 129 Å². The molecule has 1 saturated carbocycles. The Morgan fingerprint density at radius 1 is 1.11 bits per heavy atom. The number of nitrogens with one attached hydrogen (secondary N) is 2. The van der Waals surface area contributed by atoms with E-state index < -0.39 is 29.1 Å². The van der Waals surface area contributed by atoms with E-state index in [1.54, 1.807) is 0 Å². The number of methoxy groups -OCH3 is 1. The van der Waals surface area contributed by atoms with Gasteiger partial charge in [0, 0.05) is 53.7 Å². The van der Waals surface area contributed by atoms with Crippen molar-refractivity contribution in [2.75, 3.05) is 26.7 Å². The van der Waals surface area contributed by atoms with E-state index in [9.17, 15) is 9.59 Å². The molecule has 0 unspecified atom stereocenters. The van der Waals surface area contributed by atoms with Gasteiger partial charge < -0.3 is 31.6 Å². The van der Waals surface area contributed by atoms with Crippen LogP contribution in [0.1, 0.15) is 73.4 Å². The molecule has 1 heterocycles. The van der Waals surface area contributed by atoms with Crippen molar-refractivity contribution in [2.45, 2.75) is 63.5 Å². The Morgan fingerprint density at radius 2 is 1.81 bits per heavy atom. The minimum absolute atomic E-state index is 0.00421. The van der Waals surface area contributed by atoms with Crippen molar-refractivity contribution in [2.24, 2.45) is 23.3 Å². The van der Waals surface area contributed by atoms with Crippen LogP contribution in [0.3, 0.4) is 0 Å². The number of carbonyl (C=O) groups is 2. The Kier molecular flexibility index (Phi) is 10.7. The highest BCUT2D eigenvalue weighted by Gasteiger charge is 2.50. The van der Waals surface area contributed by atoms with Crippen LogP contribution < -0.4 is 31.6 Å². The number of ether oxygens (including phenoxy) is 2. The van der Waals surface area contributed by atoms with Crippen LogP contribution in [0, 0.1) is 23.5 Å². The maximum atomic E-state index is 16.0. The Balaban J connectivity index is 1.44. The van der Waals surface area contributed by atoms with Gasteiger partial charge in [0.15, 0.2) is 17.2 Å². The quantitative estimate of drug-likeness (QED) is 0.187. The predicted molar refractivity (Wildman–Crippen MR) is 179 cm³/mol. The first-order chi connectivity index (χ1) is 22.5. The summed E-state index contributed by atoms with van der Waals surface area (Å²) in [4.78, 5) is 25.3. The fourth-order valence-corrected chi connectivity index (χ4v) is 7.19. The molecule has 47 heavy (non-hydrogen) atoms. The molecule has 3 aromatic carbocycles. The van der Waals surface area contributed by atoms with Gasteiger partial charge in [-0.05, 0) is 62.3 Å². The van der Waals surface area contributed by atoms with E-state index in [0.29, 0.717) is 31.1 Å². The lowest BCUT2D eigenvalue weighted by molar-refractivity contribution is -0.126. The summed E-state index contributed by atoms with van der Waals surface area (Å²) < 4.78 is 43.4. The molecule has 2 aliphatic rings. The van der Waals surface area contributed by atoms with E-state index in [4.69, 9.17) is 32.5 Å². The summed E-state index contributed by atoms with van der Waals surface area (Å²) in [6.07, 6.45) is 3.95. The third-order valence-electron chi connectivity index (χ3n) is 9.84. The van der Waals surface area contributed by atoms with E-state index in [-0.39, 0.29) is 51.1 Å². The third kappa shape index (κ3) is 6.82. The maximum Gasteiger partial charge on any atom is 0.249 e. The molecule has 3 atom stereocenters. The molecule has 0 radical (unpaired) electrons. The monoisotopic (exact) mass is 668 g/mol. The number of carbonyl (C=O) groups excluding carboxylic acids is 2. The van der Waals surface area contributed by atoms with Gasteiger partial charge in [0.25, 0.3) is 0 Å². The minimum Gasteiger partial charge on any atom is -0.494 e. The summed E-state index contributed by atoms with van der Waals surface area (Å²) >= 11 is 6.61. The number of fused-ring (bicyclic) bond motifs is 1. The number of halogens is 3. The van der Waals surface area contributed by atoms with Crippen LogP contribution in [0.2, 0.25) is 5.02 Å². The first-order valence-electron chi connectivity index (χ1n) is 16.2. The highest BCUT2D eigenvalue weighted by molar-refractivity contribution is 6.34. The lowest BCUT2D eigenvalue weighted by Gasteiger charge is -2.37. The van der Waals surface area contributed by atoms with Gasteiger partial charge in [0.2, 0.25) is 11.8 Å². The van der Waals surface area contributed by atoms with Gasteiger partial charge in [-0.1, -0.05) is 55.8 Å². The van der Waals surface area contributed by atoms with Gasteiger partial charge in [0.1, 0.15) is 11.6 Å². The van der Waals surface area contributed by atoms with Crippen LogP contribution in [0.4, 0.5) is 8.78 Å². The number of rotatable bonds is 12. The molecule has 1 aliphatic heterocycles. The Morgan fingerprint density at radius 3 is 2.45 bits per heavy atom. The SMILES string of the molecule is COc1ccc(C(N)=O)c(-c2c(Cl)c(F)cc3c2[C@H](C)[C@@](CNC2CCC(C(=O)NCC[C@@H](C)CN)CC2)(c2ccccc2)O3)c1F. The fourth-order valence-electron chi connectivity index (χ4n) is 6.94. The molecule has 6 N–H and O–H groups in total. The van der Waals surface area contributed by atoms with Crippen LogP contribution in [0.25, 0.3) is 11.1 Å². The largest absolute Gasteiger partial charge is 0.494 e. The van der Waals surface area contributed by atoms with Gasteiger partial charge in [-0.3, -0.25) is 9.59 Å². The second-order valence-electron chi connectivity index (χ2n) is 12.8. The first kappa shape index (κ1) is 34.6. The first-order valence-corrected chi connectivity index (χ1v) is 16.5. The van der Waals surface area contributed by atoms with E-state index in [1.165, 1.54) is 25.3 Å². The molecule has 0 bridgehead atoms. The van der Waals surface area contributed by atoms with Crippen molar-refractivity contribution < 1.29 is 27.8 Å². The van der Waals surface area contributed by atoms with Crippen molar-refractivity contribution >= 4 is 23.4 Å². The molecule has 1 fully saturated rings. The normalized spacial score (nSPS) is 22.7. The Labute approximate surface area is 279 Å². The Bertz CT molecular complexity index is 1620. The molecule has 1 aliphatic carbocycles. The van der Waals surface area contributed by atoms with Crippen molar-refractivity contribution in [3.05, 3.63) is 81.9 Å². The van der Waals surface area contributed by atoms with Gasteiger partial charge in [-0.15, -0.1) is 0 Å². The fraction of sp³-hybridized carbons (Fsp3) is 0.444. The van der Waals surface area contributed by atoms with Crippen molar-refractivity contribution in [3.63, 3.8) is 0 Å². The number of nitrogens with two attached hydrogens (primary N) is 2. The lowest BCUT2D eigenvalue weighted by atomic mass is 9.77. The van der Waals surface area contributed by atoms with Gasteiger partial charge in [-0.2, -0.15) is 0 Å². The Hall–Kier alpha value is -3.73. The minimum atomic E-state index is -1.04. The summed E-state index contributed by atoms with van der Waals surface area (Å²) in [5.74, 6) is -2.62. The molecule has 11 heteroatoms. The van der Waals surface area contributed by atoms with Crippen LogP contribution >= 0.6 is 11.6 Å². The van der Waals surface area contributed by atoms with Crippen LogP contribution in [-0.2, 0) is 10.4 Å². The summed E-state index contributed by atoms with van der Waals surface area (Å²) in [6, 6.07) is 13.5. The second-order valence-corrected chi connectivity index (χ2v) is 13.1. The van der Waals surface area contributed by atoms with E-state index in [2.05, 4.69) is 17.6 Å². The number of amides is 2. The maximum absolute atomic E-state index is 16.0. The second kappa shape index (κ2) is 14.6. The average molecular weight is 669 g/mol. The van der Waals surface area contributed by atoms with Crippen molar-refractivity contribution in [3.8, 4) is 22.6 Å². The highest BCUT2D eigenvalue weighted by atomic mass is 35.5. The number of primary amides is 1. The summed E-state index contributed by atoms with van der Waals surface area (Å²) in [6.45, 7) is 5.55. The number of hydrogen-bond donors (Lipinski definition) is 4. The van der Waals surface area contributed by atoms with Gasteiger partial charge >= 0.3 is 0 Å². The average Bonchev–Trinajstić information content (AvgIpc) is 3.36. The van der Waals surface area contributed by atoms with E-state index in [0.717, 1.165) is 37.7 Å². The summed E-state index contributed by atoms with van der Waals surface area (Å²) in [7, 11) is 1.30. The van der Waals surface area contributed by atoms with Gasteiger partial charge in [0.05, 0.1) is 17.7 Å². The zero-order valence-electron chi connectivity index (χ0n) is 27.0. The molecular weight excluding hydrogens is 626 g/mol. The lowest BCUT2D eigenvalue weighted by Crippen LogP contribution is -2.48. The van der Waals surface area contributed by atoms with Crippen molar-refractivity contribution in [1.82, 2.24) is 10.6 Å². The smallest absolute Gasteiger partial charge is 0.249 e. The molecule has 0 saturated heterocycles. The number of hydrogen-bond acceptors (Lipinski definition) is 6. The van der Waals surface area contributed by atoms with Crippen molar-refractivity contribution in [1.29, 1.82) is 0 Å². The van der Waals surface area contributed by atoms with Gasteiger partial charge in [-0.25, -0.2) is 8.78 Å². The molecule has 0 spiro atoms. The molecule has 2 amide bonds. The van der Waals surface area contributed by atoms with Crippen LogP contribution in [0.5, 0.6) is 11.5 Å². The van der Waals surface area contributed by atoms with Crippen LogP contribution in [-0.4, -0.2) is 44.6 Å². The predicted octanol–water partition coefficient (Wildman–Crippen LogP) is 6.03. The molecule has 5 rings (SSSR count). The zero-order chi connectivity index (χ0) is 33.9. The molecule has 0 aromatic heterocycles.